The molecule has 0 spiro atoms. The average Bonchev–Trinajstić information content (AvgIpc) is 2.57. The molecule has 0 saturated heterocycles. The van der Waals surface area contributed by atoms with Gasteiger partial charge in [-0.15, -0.1) is 0 Å². The van der Waals surface area contributed by atoms with Gasteiger partial charge in [0.05, 0.1) is 5.52 Å². The molecule has 0 saturated carbocycles. The molecule has 1 amide bonds. The van der Waals surface area contributed by atoms with Crippen molar-refractivity contribution in [2.45, 2.75) is 6.92 Å². The number of nitrogens with two attached hydrogens (primary N) is 1. The van der Waals surface area contributed by atoms with Crippen molar-refractivity contribution >= 4 is 22.9 Å². The number of H-pyrrole nitrogens is 1. The van der Waals surface area contributed by atoms with E-state index in [4.69, 9.17) is 5.73 Å². The Morgan fingerprint density at radius 1 is 1.53 bits per heavy atom. The highest BCUT2D eigenvalue weighted by Crippen LogP contribution is 2.17. The van der Waals surface area contributed by atoms with Crippen molar-refractivity contribution in [1.82, 2.24) is 10.2 Å². The summed E-state index contributed by atoms with van der Waals surface area (Å²) >= 11 is 0. The molecule has 1 aromatic heterocycles. The van der Waals surface area contributed by atoms with E-state index in [1.165, 1.54) is 6.08 Å². The van der Waals surface area contributed by atoms with Crippen LogP contribution >= 0.6 is 0 Å². The number of hydrogen-bond donors (Lipinski definition) is 2. The number of hydrogen-bond acceptors (Lipinski definition) is 2. The van der Waals surface area contributed by atoms with Gasteiger partial charge in [0.25, 0.3) is 0 Å². The van der Waals surface area contributed by atoms with Crippen molar-refractivity contribution in [2.75, 3.05) is 0 Å². The monoisotopic (exact) mass is 201 g/mol. The van der Waals surface area contributed by atoms with Gasteiger partial charge in [-0.3, -0.25) is 9.89 Å². The molecule has 15 heavy (non-hydrogen) atoms. The van der Waals surface area contributed by atoms with Gasteiger partial charge in [-0.1, -0.05) is 12.1 Å². The fraction of sp³-hybridized carbons (Fsp3) is 0.0909. The first kappa shape index (κ1) is 9.45. The Kier molecular flexibility index (Phi) is 2.25. The highest BCUT2D eigenvalue weighted by molar-refractivity contribution is 5.91. The van der Waals surface area contributed by atoms with Crippen LogP contribution in [0.3, 0.4) is 0 Å². The van der Waals surface area contributed by atoms with Gasteiger partial charge in [0.2, 0.25) is 5.91 Å². The molecule has 1 aromatic carbocycles. The lowest BCUT2D eigenvalue weighted by Gasteiger charge is -1.93. The van der Waals surface area contributed by atoms with E-state index in [0.29, 0.717) is 0 Å². The van der Waals surface area contributed by atoms with Gasteiger partial charge in [0.15, 0.2) is 0 Å². The van der Waals surface area contributed by atoms with Crippen LogP contribution < -0.4 is 5.73 Å². The minimum absolute atomic E-state index is 0.451. The molecule has 0 aliphatic carbocycles. The maximum absolute atomic E-state index is 10.6. The van der Waals surface area contributed by atoms with E-state index in [2.05, 4.69) is 10.2 Å². The van der Waals surface area contributed by atoms with Crippen molar-refractivity contribution in [1.29, 1.82) is 0 Å². The van der Waals surface area contributed by atoms with Crippen LogP contribution in [0.5, 0.6) is 0 Å². The third kappa shape index (κ3) is 1.88. The molecule has 4 nitrogen and oxygen atoms in total. The quantitative estimate of drug-likeness (QED) is 0.720. The number of nitrogens with zero attached hydrogens (tertiary/aromatic N) is 1. The Morgan fingerprint density at radius 2 is 2.33 bits per heavy atom. The van der Waals surface area contributed by atoms with Crippen LogP contribution in [0.2, 0.25) is 0 Å². The second kappa shape index (κ2) is 3.57. The van der Waals surface area contributed by atoms with Gasteiger partial charge in [-0.25, -0.2) is 0 Å². The predicted octanol–water partition coefficient (Wildman–Crippen LogP) is 1.37. The maximum Gasteiger partial charge on any atom is 0.241 e. The van der Waals surface area contributed by atoms with Gasteiger partial charge >= 0.3 is 0 Å². The van der Waals surface area contributed by atoms with E-state index in [1.807, 2.05) is 25.1 Å². The summed E-state index contributed by atoms with van der Waals surface area (Å²) in [4.78, 5) is 10.6. The number of nitrogens with one attached hydrogen (secondary N) is 1. The molecule has 0 atom stereocenters. The van der Waals surface area contributed by atoms with E-state index in [-0.39, 0.29) is 0 Å². The van der Waals surface area contributed by atoms with Crippen molar-refractivity contribution < 1.29 is 4.79 Å². The minimum atomic E-state index is -0.451. The van der Waals surface area contributed by atoms with Crippen LogP contribution in [-0.4, -0.2) is 16.1 Å². The highest BCUT2D eigenvalue weighted by Gasteiger charge is 2.00. The number of carbonyl (C=O) groups excluding carboxylic acids is 1. The number of primary amides is 1. The molecule has 1 heterocycles. The van der Waals surface area contributed by atoms with Crippen LogP contribution in [0.4, 0.5) is 0 Å². The third-order valence-corrected chi connectivity index (χ3v) is 2.21. The second-order valence-corrected chi connectivity index (χ2v) is 3.36. The smallest absolute Gasteiger partial charge is 0.241 e. The van der Waals surface area contributed by atoms with Crippen molar-refractivity contribution in [3.8, 4) is 0 Å². The summed E-state index contributed by atoms with van der Waals surface area (Å²) in [5.74, 6) is -0.451. The number of amides is 1. The lowest BCUT2D eigenvalue weighted by molar-refractivity contribution is -0.113. The molecule has 0 radical (unpaired) electrons. The molecule has 0 fully saturated rings. The van der Waals surface area contributed by atoms with E-state index in [9.17, 15) is 4.79 Å². The summed E-state index contributed by atoms with van der Waals surface area (Å²) in [6, 6.07) is 5.79. The fourth-order valence-corrected chi connectivity index (χ4v) is 1.44. The van der Waals surface area contributed by atoms with E-state index in [1.54, 1.807) is 6.08 Å². The molecule has 0 bridgehead atoms. The molecule has 2 rings (SSSR count). The maximum atomic E-state index is 10.6. The molecular weight excluding hydrogens is 190 g/mol. The molecule has 4 heteroatoms. The van der Waals surface area contributed by atoms with Crippen molar-refractivity contribution in [2.24, 2.45) is 5.73 Å². The largest absolute Gasteiger partial charge is 0.366 e. The molecule has 3 N–H and O–H groups in total. The highest BCUT2D eigenvalue weighted by atomic mass is 16.1. The summed E-state index contributed by atoms with van der Waals surface area (Å²) in [6.07, 6.45) is 3.01. The molecule has 2 aromatic rings. The summed E-state index contributed by atoms with van der Waals surface area (Å²) in [7, 11) is 0. The van der Waals surface area contributed by atoms with E-state index in [0.717, 1.165) is 22.2 Å². The van der Waals surface area contributed by atoms with Gasteiger partial charge in [-0.2, -0.15) is 5.10 Å². The van der Waals surface area contributed by atoms with Gasteiger partial charge in [0, 0.05) is 17.2 Å². The predicted molar refractivity (Wildman–Crippen MR) is 59.1 cm³/mol. The number of aryl methyl sites for hydroxylation is 1. The SMILES string of the molecule is Cc1[nH]nc2cc(/C=C/C(N)=O)ccc12. The third-order valence-electron chi connectivity index (χ3n) is 2.21. The first-order valence-corrected chi connectivity index (χ1v) is 4.59. The normalized spacial score (nSPS) is 11.3. The first-order valence-electron chi connectivity index (χ1n) is 4.59. The standard InChI is InChI=1S/C11H11N3O/c1-7-9-4-2-8(3-5-11(12)15)6-10(9)14-13-7/h2-6H,1H3,(H2,12,15)(H,13,14)/b5-3+. The molecule has 0 aliphatic rings. The summed E-state index contributed by atoms with van der Waals surface area (Å²) < 4.78 is 0. The number of carbonyl (C=O) groups is 1. The lowest BCUT2D eigenvalue weighted by atomic mass is 10.1. The van der Waals surface area contributed by atoms with E-state index >= 15 is 0 Å². The lowest BCUT2D eigenvalue weighted by Crippen LogP contribution is -2.04. The van der Waals surface area contributed by atoms with Crippen LogP contribution in [0, 0.1) is 6.92 Å². The molecular formula is C11H11N3O. The number of aromatic amines is 1. The Balaban J connectivity index is 2.43. The second-order valence-electron chi connectivity index (χ2n) is 3.36. The summed E-state index contributed by atoms with van der Waals surface area (Å²) in [5.41, 5.74) is 7.85. The zero-order valence-electron chi connectivity index (χ0n) is 8.32. The van der Waals surface area contributed by atoms with Crippen LogP contribution in [0.15, 0.2) is 24.3 Å². The number of rotatable bonds is 2. The van der Waals surface area contributed by atoms with Gasteiger partial charge < -0.3 is 5.73 Å². The fourth-order valence-electron chi connectivity index (χ4n) is 1.44. The molecule has 76 valence electrons. The Labute approximate surface area is 86.8 Å². The van der Waals surface area contributed by atoms with Gasteiger partial charge in [-0.05, 0) is 24.6 Å². The zero-order valence-corrected chi connectivity index (χ0v) is 8.32. The summed E-state index contributed by atoms with van der Waals surface area (Å²) in [6.45, 7) is 1.97. The van der Waals surface area contributed by atoms with Crippen LogP contribution in [-0.2, 0) is 4.79 Å². The van der Waals surface area contributed by atoms with Gasteiger partial charge in [0.1, 0.15) is 0 Å². The zero-order chi connectivity index (χ0) is 10.8. The van der Waals surface area contributed by atoms with Crippen molar-refractivity contribution in [3.05, 3.63) is 35.5 Å². The topological polar surface area (TPSA) is 71.8 Å². The minimum Gasteiger partial charge on any atom is -0.366 e. The first-order chi connectivity index (χ1) is 7.16. The number of benzene rings is 1. The number of fused-ring (bicyclic) bond motifs is 1. The van der Waals surface area contributed by atoms with Crippen LogP contribution in [0.25, 0.3) is 17.0 Å². The molecule has 0 unspecified atom stereocenters. The van der Waals surface area contributed by atoms with Crippen LogP contribution in [0.1, 0.15) is 11.3 Å². The average molecular weight is 201 g/mol. The molecule has 0 aliphatic heterocycles. The number of aromatic nitrogens is 2. The van der Waals surface area contributed by atoms with E-state index < -0.39 is 5.91 Å². The summed E-state index contributed by atoms with van der Waals surface area (Å²) in [5, 5.41) is 8.12. The Hall–Kier alpha value is -2.10. The van der Waals surface area contributed by atoms with Crippen molar-refractivity contribution in [3.63, 3.8) is 0 Å². The Morgan fingerprint density at radius 3 is 3.07 bits per heavy atom. The Bertz CT molecular complexity index is 540.